The zero-order valence-electron chi connectivity index (χ0n) is 14.3. The summed E-state index contributed by atoms with van der Waals surface area (Å²) < 4.78 is 16.8. The molecule has 1 aromatic carbocycles. The van der Waals surface area contributed by atoms with Crippen LogP contribution in [0.2, 0.25) is 0 Å². The summed E-state index contributed by atoms with van der Waals surface area (Å²) in [6.07, 6.45) is 8.11. The minimum Gasteiger partial charge on any atom is -0.493 e. The number of rotatable bonds is 6. The molecule has 0 spiro atoms. The summed E-state index contributed by atoms with van der Waals surface area (Å²) in [6.45, 7) is 2.82. The van der Waals surface area contributed by atoms with Gasteiger partial charge in [-0.3, -0.25) is 4.79 Å². The first kappa shape index (κ1) is 16.6. The van der Waals surface area contributed by atoms with Crippen LogP contribution in [0.4, 0.5) is 0 Å². The Morgan fingerprint density at radius 2 is 2.12 bits per heavy atom. The predicted molar refractivity (Wildman–Crippen MR) is 92.2 cm³/mol. The van der Waals surface area contributed by atoms with E-state index in [4.69, 9.17) is 14.2 Å². The third-order valence-electron chi connectivity index (χ3n) is 4.53. The van der Waals surface area contributed by atoms with E-state index in [2.05, 4.69) is 6.92 Å². The maximum absolute atomic E-state index is 12.1. The van der Waals surface area contributed by atoms with Crippen LogP contribution in [0.5, 0.6) is 11.5 Å². The van der Waals surface area contributed by atoms with Crippen LogP contribution in [0.3, 0.4) is 0 Å². The molecule has 4 heteroatoms. The van der Waals surface area contributed by atoms with E-state index < -0.39 is 0 Å². The van der Waals surface area contributed by atoms with Gasteiger partial charge in [-0.1, -0.05) is 19.4 Å². The molecule has 0 saturated carbocycles. The molecule has 0 bridgehead atoms. The lowest BCUT2D eigenvalue weighted by molar-refractivity contribution is -0.118. The second-order valence-electron chi connectivity index (χ2n) is 6.17. The Morgan fingerprint density at radius 1 is 1.25 bits per heavy atom. The Hall–Kier alpha value is -2.23. The van der Waals surface area contributed by atoms with Crippen LogP contribution in [-0.4, -0.2) is 19.5 Å². The van der Waals surface area contributed by atoms with Crippen molar-refractivity contribution in [3.8, 4) is 11.5 Å². The van der Waals surface area contributed by atoms with Gasteiger partial charge in [0.1, 0.15) is 0 Å². The largest absolute Gasteiger partial charge is 0.493 e. The molecule has 1 aromatic rings. The molecule has 1 aliphatic heterocycles. The number of ether oxygens (including phenoxy) is 3. The smallest absolute Gasteiger partial charge is 0.197 e. The Balaban J connectivity index is 1.87. The standard InChI is InChI=1S/C20H24O4/c1-3-4-11-23-18-9-8-14(13-19(18)22-2)15-10-12-24-20-16(15)6-5-7-17(20)21/h8-10,12-13,15H,3-7,11H2,1-2H3. The van der Waals surface area contributed by atoms with E-state index in [1.165, 1.54) is 0 Å². The van der Waals surface area contributed by atoms with E-state index in [0.717, 1.165) is 48.3 Å². The number of allylic oxidation sites excluding steroid dienone is 3. The number of carbonyl (C=O) groups is 1. The van der Waals surface area contributed by atoms with Gasteiger partial charge in [-0.2, -0.15) is 0 Å². The first-order valence-electron chi connectivity index (χ1n) is 8.65. The summed E-state index contributed by atoms with van der Waals surface area (Å²) in [5.41, 5.74) is 2.17. The van der Waals surface area contributed by atoms with E-state index >= 15 is 0 Å². The van der Waals surface area contributed by atoms with Crippen LogP contribution >= 0.6 is 0 Å². The molecular formula is C20H24O4. The zero-order valence-corrected chi connectivity index (χ0v) is 14.3. The van der Waals surface area contributed by atoms with Crippen molar-refractivity contribution in [3.63, 3.8) is 0 Å². The molecule has 1 aliphatic carbocycles. The summed E-state index contributed by atoms with van der Waals surface area (Å²) in [4.78, 5) is 12.1. The average Bonchev–Trinajstić information content (AvgIpc) is 2.62. The first-order valence-corrected chi connectivity index (χ1v) is 8.65. The van der Waals surface area contributed by atoms with Gasteiger partial charge >= 0.3 is 0 Å². The molecule has 3 rings (SSSR count). The molecule has 4 nitrogen and oxygen atoms in total. The van der Waals surface area contributed by atoms with Gasteiger partial charge in [-0.15, -0.1) is 0 Å². The van der Waals surface area contributed by atoms with Gasteiger partial charge in [0, 0.05) is 12.3 Å². The molecular weight excluding hydrogens is 304 g/mol. The lowest BCUT2D eigenvalue weighted by Gasteiger charge is -2.27. The molecule has 0 amide bonds. The van der Waals surface area contributed by atoms with Crippen molar-refractivity contribution >= 4 is 5.78 Å². The molecule has 0 radical (unpaired) electrons. The van der Waals surface area contributed by atoms with E-state index in [1.807, 2.05) is 24.3 Å². The highest BCUT2D eigenvalue weighted by atomic mass is 16.5. The first-order chi connectivity index (χ1) is 11.7. The van der Waals surface area contributed by atoms with Crippen LogP contribution in [-0.2, 0) is 9.53 Å². The van der Waals surface area contributed by atoms with Crippen molar-refractivity contribution in [2.45, 2.75) is 44.9 Å². The van der Waals surface area contributed by atoms with Crippen molar-refractivity contribution in [1.29, 1.82) is 0 Å². The van der Waals surface area contributed by atoms with E-state index in [9.17, 15) is 4.79 Å². The maximum atomic E-state index is 12.1. The van der Waals surface area contributed by atoms with Crippen LogP contribution in [0, 0.1) is 0 Å². The van der Waals surface area contributed by atoms with Crippen LogP contribution in [0.15, 0.2) is 41.9 Å². The number of methoxy groups -OCH3 is 1. The van der Waals surface area contributed by atoms with Gasteiger partial charge in [-0.05, 0) is 48.6 Å². The number of ketones is 1. The maximum Gasteiger partial charge on any atom is 0.197 e. The lowest BCUT2D eigenvalue weighted by atomic mass is 9.82. The van der Waals surface area contributed by atoms with Gasteiger partial charge in [0.25, 0.3) is 0 Å². The van der Waals surface area contributed by atoms with Crippen molar-refractivity contribution in [3.05, 3.63) is 47.4 Å². The number of benzene rings is 1. The highest BCUT2D eigenvalue weighted by molar-refractivity contribution is 5.95. The normalized spacial score (nSPS) is 19.8. The molecule has 1 unspecified atom stereocenters. The average molecular weight is 328 g/mol. The molecule has 0 saturated heterocycles. The molecule has 2 aliphatic rings. The summed E-state index contributed by atoms with van der Waals surface area (Å²) in [7, 11) is 1.65. The fourth-order valence-corrected chi connectivity index (χ4v) is 3.22. The van der Waals surface area contributed by atoms with E-state index in [-0.39, 0.29) is 11.7 Å². The topological polar surface area (TPSA) is 44.8 Å². The Labute approximate surface area is 143 Å². The Morgan fingerprint density at radius 3 is 2.92 bits per heavy atom. The van der Waals surface area contributed by atoms with E-state index in [0.29, 0.717) is 18.8 Å². The van der Waals surface area contributed by atoms with E-state index in [1.54, 1.807) is 13.4 Å². The van der Waals surface area contributed by atoms with Gasteiger partial charge in [0.15, 0.2) is 23.0 Å². The molecule has 1 atom stereocenters. The van der Waals surface area contributed by atoms with Gasteiger partial charge in [0.2, 0.25) is 0 Å². The second-order valence-corrected chi connectivity index (χ2v) is 6.17. The minimum atomic E-state index is 0.0663. The number of unbranched alkanes of at least 4 members (excludes halogenated alkanes) is 1. The third kappa shape index (κ3) is 3.32. The summed E-state index contributed by atoms with van der Waals surface area (Å²) >= 11 is 0. The molecule has 0 N–H and O–H groups in total. The quantitative estimate of drug-likeness (QED) is 0.721. The van der Waals surface area contributed by atoms with Crippen molar-refractivity contribution in [2.75, 3.05) is 13.7 Å². The van der Waals surface area contributed by atoms with Crippen LogP contribution in [0.1, 0.15) is 50.5 Å². The van der Waals surface area contributed by atoms with Gasteiger partial charge in [0.05, 0.1) is 20.0 Å². The molecule has 24 heavy (non-hydrogen) atoms. The number of carbonyl (C=O) groups excluding carboxylic acids is 1. The van der Waals surface area contributed by atoms with Crippen LogP contribution in [0.25, 0.3) is 0 Å². The Bertz CT molecular complexity index is 672. The zero-order chi connectivity index (χ0) is 16.9. The monoisotopic (exact) mass is 328 g/mol. The van der Waals surface area contributed by atoms with Gasteiger partial charge < -0.3 is 14.2 Å². The van der Waals surface area contributed by atoms with Crippen molar-refractivity contribution in [2.24, 2.45) is 0 Å². The third-order valence-corrected chi connectivity index (χ3v) is 4.53. The molecule has 0 fully saturated rings. The number of hydrogen-bond acceptors (Lipinski definition) is 4. The fourth-order valence-electron chi connectivity index (χ4n) is 3.22. The minimum absolute atomic E-state index is 0.0663. The molecule has 128 valence electrons. The van der Waals surface area contributed by atoms with Crippen LogP contribution < -0.4 is 9.47 Å². The highest BCUT2D eigenvalue weighted by Gasteiger charge is 2.30. The van der Waals surface area contributed by atoms with Crippen molar-refractivity contribution < 1.29 is 19.0 Å². The Kier molecular flexibility index (Phi) is 5.24. The number of hydrogen-bond donors (Lipinski definition) is 0. The summed E-state index contributed by atoms with van der Waals surface area (Å²) in [5, 5.41) is 0. The van der Waals surface area contributed by atoms with Gasteiger partial charge in [-0.25, -0.2) is 0 Å². The summed E-state index contributed by atoms with van der Waals surface area (Å²) in [5.74, 6) is 2.21. The summed E-state index contributed by atoms with van der Waals surface area (Å²) in [6, 6.07) is 6.01. The molecule has 1 heterocycles. The lowest BCUT2D eigenvalue weighted by Crippen LogP contribution is -2.19. The fraction of sp³-hybridized carbons (Fsp3) is 0.450. The second kappa shape index (κ2) is 7.56. The van der Waals surface area contributed by atoms with Crippen molar-refractivity contribution in [1.82, 2.24) is 0 Å². The number of Topliss-reactive ketones (excluding diaryl/α,β-unsaturated/α-hetero) is 1. The molecule has 0 aromatic heterocycles. The highest BCUT2D eigenvalue weighted by Crippen LogP contribution is 2.41. The predicted octanol–water partition coefficient (Wildman–Crippen LogP) is 4.51. The SMILES string of the molecule is CCCCOc1ccc(C2C=COC3=C2CCCC3=O)cc1OC.